The molecule has 0 bridgehead atoms. The van der Waals surface area contributed by atoms with Crippen LogP contribution >= 0.6 is 0 Å². The Kier molecular flexibility index (Phi) is 9.28. The topological polar surface area (TPSA) is 26.3 Å². The van der Waals surface area contributed by atoms with Gasteiger partial charge in [0.05, 0.1) is 6.61 Å². The molecule has 0 saturated heterocycles. The smallest absolute Gasteiger partial charge is 0.305 e. The molecule has 0 atom stereocenters. The van der Waals surface area contributed by atoms with E-state index in [1.807, 2.05) is 6.92 Å². The molecule has 76 valence electrons. The maximum absolute atomic E-state index is 10.9. The molecule has 0 aromatic rings. The van der Waals surface area contributed by atoms with E-state index in [0.717, 1.165) is 6.42 Å². The Morgan fingerprint density at radius 2 is 1.77 bits per heavy atom. The van der Waals surface area contributed by atoms with E-state index in [-0.39, 0.29) is 5.97 Å². The zero-order chi connectivity index (χ0) is 9.94. The first kappa shape index (κ1) is 12.5. The van der Waals surface area contributed by atoms with Gasteiger partial charge in [0.1, 0.15) is 7.85 Å². The zero-order valence-electron chi connectivity index (χ0n) is 8.97. The fourth-order valence-corrected chi connectivity index (χ4v) is 1.28. The normalized spacial score (nSPS) is 9.92. The van der Waals surface area contributed by atoms with Gasteiger partial charge in [-0.15, -0.1) is 0 Å². The fraction of sp³-hybridized carbons (Fsp3) is 0.900. The molecule has 0 aromatic heterocycles. The lowest BCUT2D eigenvalue weighted by Crippen LogP contribution is -2.03. The molecule has 0 amide bonds. The molecule has 0 saturated carbocycles. The van der Waals surface area contributed by atoms with Crippen molar-refractivity contribution in [2.75, 3.05) is 6.61 Å². The molecule has 0 fully saturated rings. The summed E-state index contributed by atoms with van der Waals surface area (Å²) < 4.78 is 4.83. The average molecular weight is 184 g/mol. The monoisotopic (exact) mass is 184 g/mol. The summed E-state index contributed by atoms with van der Waals surface area (Å²) in [4.78, 5) is 10.9. The van der Waals surface area contributed by atoms with Crippen molar-refractivity contribution in [2.24, 2.45) is 0 Å². The van der Waals surface area contributed by atoms with Gasteiger partial charge in [0, 0.05) is 6.42 Å². The molecule has 0 aliphatic rings. The van der Waals surface area contributed by atoms with Gasteiger partial charge in [-0.2, -0.15) is 0 Å². The number of unbranched alkanes of at least 4 members (excludes halogenated alkanes) is 4. The predicted octanol–water partition coefficient (Wildman–Crippen LogP) is 1.94. The maximum Gasteiger partial charge on any atom is 0.305 e. The molecule has 0 rings (SSSR count). The Morgan fingerprint density at radius 3 is 2.38 bits per heavy atom. The van der Waals surface area contributed by atoms with Crippen molar-refractivity contribution in [3.63, 3.8) is 0 Å². The van der Waals surface area contributed by atoms with Gasteiger partial charge in [-0.05, 0) is 13.3 Å². The van der Waals surface area contributed by atoms with E-state index in [9.17, 15) is 4.79 Å². The first-order valence-corrected chi connectivity index (χ1v) is 5.46. The number of esters is 1. The third-order valence-electron chi connectivity index (χ3n) is 2.04. The molecule has 0 spiro atoms. The molecule has 3 heteroatoms. The number of hydrogen-bond donors (Lipinski definition) is 0. The van der Waals surface area contributed by atoms with E-state index < -0.39 is 0 Å². The van der Waals surface area contributed by atoms with Crippen molar-refractivity contribution < 1.29 is 9.53 Å². The quantitative estimate of drug-likeness (QED) is 0.327. The summed E-state index contributed by atoms with van der Waals surface area (Å²) >= 11 is 0. The molecule has 2 nitrogen and oxygen atoms in total. The first-order chi connectivity index (χ1) is 6.31. The Balaban J connectivity index is 3.02. The van der Waals surface area contributed by atoms with Gasteiger partial charge in [-0.25, -0.2) is 0 Å². The van der Waals surface area contributed by atoms with Crippen LogP contribution in [-0.4, -0.2) is 20.4 Å². The molecule has 0 radical (unpaired) electrons. The summed E-state index contributed by atoms with van der Waals surface area (Å²) in [5, 5.41) is 0. The lowest BCUT2D eigenvalue weighted by molar-refractivity contribution is -0.143. The van der Waals surface area contributed by atoms with Crippen LogP contribution in [0.15, 0.2) is 0 Å². The summed E-state index contributed by atoms with van der Waals surface area (Å²) in [6.07, 6.45) is 7.91. The van der Waals surface area contributed by atoms with Crippen LogP contribution in [0.3, 0.4) is 0 Å². The van der Waals surface area contributed by atoms with E-state index in [4.69, 9.17) is 4.74 Å². The van der Waals surface area contributed by atoms with E-state index in [1.54, 1.807) is 0 Å². The van der Waals surface area contributed by atoms with Crippen molar-refractivity contribution in [1.29, 1.82) is 0 Å². The van der Waals surface area contributed by atoms with Gasteiger partial charge in [0.2, 0.25) is 0 Å². The number of carbonyl (C=O) groups is 1. The average Bonchev–Trinajstić information content (AvgIpc) is 2.11. The molecule has 0 aromatic carbocycles. The summed E-state index contributed by atoms with van der Waals surface area (Å²) in [6, 6.07) is 0. The number of carbonyl (C=O) groups excluding carboxylic acids is 1. The fourth-order valence-electron chi connectivity index (χ4n) is 1.28. The predicted molar refractivity (Wildman–Crippen MR) is 57.7 cm³/mol. The second-order valence-corrected chi connectivity index (χ2v) is 3.32. The highest BCUT2D eigenvalue weighted by molar-refractivity contribution is 6.08. The van der Waals surface area contributed by atoms with Crippen LogP contribution in [0.25, 0.3) is 0 Å². The molecule has 0 unspecified atom stereocenters. The third-order valence-corrected chi connectivity index (χ3v) is 2.04. The van der Waals surface area contributed by atoms with Crippen molar-refractivity contribution in [2.45, 2.75) is 51.8 Å². The van der Waals surface area contributed by atoms with Crippen molar-refractivity contribution >= 4 is 13.8 Å². The summed E-state index contributed by atoms with van der Waals surface area (Å²) in [6.45, 7) is 2.35. The second kappa shape index (κ2) is 9.62. The van der Waals surface area contributed by atoms with E-state index in [1.165, 1.54) is 32.0 Å². The minimum atomic E-state index is -0.0435. The van der Waals surface area contributed by atoms with Gasteiger partial charge < -0.3 is 4.74 Å². The molecule has 0 aliphatic heterocycles. The Morgan fingerprint density at radius 1 is 1.15 bits per heavy atom. The van der Waals surface area contributed by atoms with Crippen LogP contribution < -0.4 is 0 Å². The summed E-state index contributed by atoms with van der Waals surface area (Å²) in [5.41, 5.74) is 0. The Labute approximate surface area is 82.5 Å². The van der Waals surface area contributed by atoms with Crippen molar-refractivity contribution in [1.82, 2.24) is 0 Å². The SMILES string of the molecule is BCCCCCCCC(=O)OCC. The van der Waals surface area contributed by atoms with Gasteiger partial charge in [-0.3, -0.25) is 4.79 Å². The highest BCUT2D eigenvalue weighted by atomic mass is 16.5. The Hall–Kier alpha value is -0.465. The lowest BCUT2D eigenvalue weighted by Gasteiger charge is -2.01. The molecule has 0 heterocycles. The van der Waals surface area contributed by atoms with Crippen LogP contribution in [0.2, 0.25) is 6.32 Å². The van der Waals surface area contributed by atoms with Gasteiger partial charge >= 0.3 is 5.97 Å². The van der Waals surface area contributed by atoms with Crippen LogP contribution in [0, 0.1) is 0 Å². The summed E-state index contributed by atoms with van der Waals surface area (Å²) in [5.74, 6) is -0.0435. The van der Waals surface area contributed by atoms with E-state index in [2.05, 4.69) is 7.85 Å². The summed E-state index contributed by atoms with van der Waals surface area (Å²) in [7, 11) is 2.21. The van der Waals surface area contributed by atoms with Crippen molar-refractivity contribution in [3.05, 3.63) is 0 Å². The van der Waals surface area contributed by atoms with E-state index in [0.29, 0.717) is 13.0 Å². The van der Waals surface area contributed by atoms with Gasteiger partial charge in [-0.1, -0.05) is 32.0 Å². The van der Waals surface area contributed by atoms with Gasteiger partial charge in [0.25, 0.3) is 0 Å². The molecule has 0 aliphatic carbocycles. The molecule has 13 heavy (non-hydrogen) atoms. The molecular formula is C10H21BO2. The van der Waals surface area contributed by atoms with Crippen LogP contribution in [-0.2, 0) is 9.53 Å². The van der Waals surface area contributed by atoms with Crippen LogP contribution in [0.4, 0.5) is 0 Å². The largest absolute Gasteiger partial charge is 0.466 e. The highest BCUT2D eigenvalue weighted by Crippen LogP contribution is 2.06. The first-order valence-electron chi connectivity index (χ1n) is 5.46. The lowest BCUT2D eigenvalue weighted by atomic mass is 9.98. The van der Waals surface area contributed by atoms with Gasteiger partial charge in [0.15, 0.2) is 0 Å². The maximum atomic E-state index is 10.9. The number of ether oxygens (including phenoxy) is 1. The third kappa shape index (κ3) is 9.45. The second-order valence-electron chi connectivity index (χ2n) is 3.32. The van der Waals surface area contributed by atoms with Crippen LogP contribution in [0.1, 0.15) is 45.4 Å². The minimum absolute atomic E-state index is 0.0435. The molecular weight excluding hydrogens is 163 g/mol. The molecule has 0 N–H and O–H groups in total. The van der Waals surface area contributed by atoms with Crippen molar-refractivity contribution in [3.8, 4) is 0 Å². The number of hydrogen-bond acceptors (Lipinski definition) is 2. The van der Waals surface area contributed by atoms with E-state index >= 15 is 0 Å². The number of rotatable bonds is 8. The highest BCUT2D eigenvalue weighted by Gasteiger charge is 1.99. The zero-order valence-corrected chi connectivity index (χ0v) is 8.97. The Bertz CT molecular complexity index is 126. The standard InChI is InChI=1S/C10H21BO2/c1-2-13-10(12)8-6-4-3-5-7-9-11/h2-9,11H2,1H3. The minimum Gasteiger partial charge on any atom is -0.466 e. The van der Waals surface area contributed by atoms with Crippen LogP contribution in [0.5, 0.6) is 0 Å².